The van der Waals surface area contributed by atoms with Crippen LogP contribution in [0.5, 0.6) is 0 Å². The molecule has 0 radical (unpaired) electrons. The Labute approximate surface area is 224 Å². The molecule has 2 N–H and O–H groups in total. The van der Waals surface area contributed by atoms with Gasteiger partial charge in [-0.3, -0.25) is 14.4 Å². The van der Waals surface area contributed by atoms with Crippen LogP contribution in [0.25, 0.3) is 0 Å². The number of amides is 3. The molecule has 2 heterocycles. The summed E-state index contributed by atoms with van der Waals surface area (Å²) < 4.78 is 0. The van der Waals surface area contributed by atoms with Gasteiger partial charge in [0.05, 0.1) is 23.0 Å². The van der Waals surface area contributed by atoms with Gasteiger partial charge in [0, 0.05) is 69.9 Å². The minimum atomic E-state index is -0.171. The number of hydrogen-bond donors (Lipinski definition) is 2. The zero-order chi connectivity index (χ0) is 27.3. The van der Waals surface area contributed by atoms with Crippen LogP contribution in [0.1, 0.15) is 53.5 Å². The second kappa shape index (κ2) is 11.7. The lowest BCUT2D eigenvalue weighted by Crippen LogP contribution is -2.49. The quantitative estimate of drug-likeness (QED) is 0.633. The summed E-state index contributed by atoms with van der Waals surface area (Å²) >= 11 is 0. The average Bonchev–Trinajstić information content (AvgIpc) is 2.92. The minimum absolute atomic E-state index is 0.0396. The van der Waals surface area contributed by atoms with Gasteiger partial charge in [-0.05, 0) is 47.9 Å². The predicted octanol–water partition coefficient (Wildman–Crippen LogP) is 2.94. The van der Waals surface area contributed by atoms with Crippen molar-refractivity contribution in [3.8, 4) is 6.07 Å². The molecule has 9 heteroatoms. The van der Waals surface area contributed by atoms with Crippen LogP contribution in [0.4, 0.5) is 11.4 Å². The van der Waals surface area contributed by atoms with Crippen LogP contribution in [-0.4, -0.2) is 79.9 Å². The number of anilines is 2. The van der Waals surface area contributed by atoms with Gasteiger partial charge in [-0.1, -0.05) is 20.8 Å². The fourth-order valence-corrected chi connectivity index (χ4v) is 4.79. The topological polar surface area (TPSA) is 109 Å². The summed E-state index contributed by atoms with van der Waals surface area (Å²) in [6.07, 6.45) is 0.356. The van der Waals surface area contributed by atoms with Gasteiger partial charge in [0.25, 0.3) is 11.8 Å². The number of carbonyl (C=O) groups excluding carboxylic acids is 3. The monoisotopic (exact) mass is 516 g/mol. The number of rotatable bonds is 5. The second-order valence-corrected chi connectivity index (χ2v) is 11.0. The van der Waals surface area contributed by atoms with E-state index in [0.717, 1.165) is 18.8 Å². The Bertz CT molecular complexity index is 1210. The molecule has 0 atom stereocenters. The van der Waals surface area contributed by atoms with Gasteiger partial charge in [0.1, 0.15) is 0 Å². The molecule has 2 aliphatic rings. The predicted molar refractivity (Wildman–Crippen MR) is 147 cm³/mol. The van der Waals surface area contributed by atoms with E-state index in [2.05, 4.69) is 21.6 Å². The third-order valence-corrected chi connectivity index (χ3v) is 6.78. The molecule has 9 nitrogen and oxygen atoms in total. The SMILES string of the molecule is CC(C)(C)CC(=O)Nc1cc(C(=O)N2CCNCC2)ccc1N1CCN(C(=O)c2ccc(C#N)cc2)CC1. The zero-order valence-corrected chi connectivity index (χ0v) is 22.4. The number of nitrogens with one attached hydrogen (secondary N) is 2. The van der Waals surface area contributed by atoms with Crippen molar-refractivity contribution in [3.05, 3.63) is 59.2 Å². The minimum Gasteiger partial charge on any atom is -0.366 e. The smallest absolute Gasteiger partial charge is 0.254 e. The van der Waals surface area contributed by atoms with Crippen molar-refractivity contribution in [3.63, 3.8) is 0 Å². The molecular formula is C29H36N6O3. The number of piperazine rings is 2. The maximum Gasteiger partial charge on any atom is 0.254 e. The molecular weight excluding hydrogens is 480 g/mol. The fourth-order valence-electron chi connectivity index (χ4n) is 4.79. The molecule has 4 rings (SSSR count). The maximum atomic E-state index is 13.2. The van der Waals surface area contributed by atoms with E-state index in [1.165, 1.54) is 0 Å². The van der Waals surface area contributed by atoms with Crippen LogP contribution in [0, 0.1) is 16.7 Å². The van der Waals surface area contributed by atoms with E-state index in [1.54, 1.807) is 35.2 Å². The third kappa shape index (κ3) is 6.69. The highest BCUT2D eigenvalue weighted by Crippen LogP contribution is 2.30. The molecule has 3 amide bonds. The number of hydrogen-bond acceptors (Lipinski definition) is 6. The first-order valence-corrected chi connectivity index (χ1v) is 13.1. The zero-order valence-electron chi connectivity index (χ0n) is 22.4. The van der Waals surface area contributed by atoms with E-state index in [-0.39, 0.29) is 23.1 Å². The summed E-state index contributed by atoms with van der Waals surface area (Å²) in [5, 5.41) is 15.3. The largest absolute Gasteiger partial charge is 0.366 e. The van der Waals surface area contributed by atoms with E-state index in [1.807, 2.05) is 37.8 Å². The van der Waals surface area contributed by atoms with Gasteiger partial charge < -0.3 is 25.3 Å². The molecule has 2 aromatic carbocycles. The molecule has 0 aliphatic carbocycles. The Morgan fingerprint density at radius 1 is 0.868 bits per heavy atom. The summed E-state index contributed by atoms with van der Waals surface area (Å²) in [4.78, 5) is 44.8. The number of carbonyl (C=O) groups is 3. The highest BCUT2D eigenvalue weighted by atomic mass is 16.2. The van der Waals surface area contributed by atoms with Crippen LogP contribution >= 0.6 is 0 Å². The van der Waals surface area contributed by atoms with Gasteiger partial charge in [0.15, 0.2) is 0 Å². The first-order chi connectivity index (χ1) is 18.1. The lowest BCUT2D eigenvalue weighted by atomic mass is 9.92. The Balaban J connectivity index is 1.51. The van der Waals surface area contributed by atoms with Crippen LogP contribution < -0.4 is 15.5 Å². The molecule has 0 unspecified atom stereocenters. The molecule has 38 heavy (non-hydrogen) atoms. The number of nitriles is 1. The lowest BCUT2D eigenvalue weighted by Gasteiger charge is -2.37. The van der Waals surface area contributed by atoms with E-state index in [0.29, 0.717) is 68.1 Å². The van der Waals surface area contributed by atoms with Gasteiger partial charge in [-0.15, -0.1) is 0 Å². The summed E-state index contributed by atoms with van der Waals surface area (Å²) in [6, 6.07) is 14.3. The van der Waals surface area contributed by atoms with Crippen LogP contribution in [0.15, 0.2) is 42.5 Å². The first kappa shape index (κ1) is 27.1. The van der Waals surface area contributed by atoms with Crippen molar-refractivity contribution in [2.45, 2.75) is 27.2 Å². The van der Waals surface area contributed by atoms with Gasteiger partial charge in [0.2, 0.25) is 5.91 Å². The molecule has 2 fully saturated rings. The van der Waals surface area contributed by atoms with E-state index < -0.39 is 0 Å². The highest BCUT2D eigenvalue weighted by molar-refractivity contribution is 6.00. The lowest BCUT2D eigenvalue weighted by molar-refractivity contribution is -0.117. The Morgan fingerprint density at radius 2 is 1.45 bits per heavy atom. The number of benzene rings is 2. The molecule has 2 saturated heterocycles. The molecule has 0 aromatic heterocycles. The van der Waals surface area contributed by atoms with Gasteiger partial charge in [-0.2, -0.15) is 5.26 Å². The van der Waals surface area contributed by atoms with Crippen molar-refractivity contribution in [1.29, 1.82) is 5.26 Å². The van der Waals surface area contributed by atoms with E-state index in [9.17, 15) is 14.4 Å². The molecule has 200 valence electrons. The molecule has 0 saturated carbocycles. The Kier molecular flexibility index (Phi) is 8.32. The molecule has 0 spiro atoms. The van der Waals surface area contributed by atoms with Crippen LogP contribution in [-0.2, 0) is 4.79 Å². The first-order valence-electron chi connectivity index (χ1n) is 13.1. The summed E-state index contributed by atoms with van der Waals surface area (Å²) in [6.45, 7) is 11.1. The van der Waals surface area contributed by atoms with Crippen molar-refractivity contribution >= 4 is 29.1 Å². The Hall–Kier alpha value is -3.90. The Morgan fingerprint density at radius 3 is 2.05 bits per heavy atom. The normalized spacial score (nSPS) is 16.1. The summed E-state index contributed by atoms with van der Waals surface area (Å²) in [5.41, 5.74) is 2.92. The van der Waals surface area contributed by atoms with E-state index >= 15 is 0 Å². The van der Waals surface area contributed by atoms with Crippen molar-refractivity contribution in [2.24, 2.45) is 5.41 Å². The fraction of sp³-hybridized carbons (Fsp3) is 0.448. The standard InChI is InChI=1S/C29H36N6O3/c1-29(2,3)19-26(36)32-24-18-23(28(38)34-12-10-31-11-13-34)8-9-25(24)33-14-16-35(17-15-33)27(37)22-6-4-21(20-30)5-7-22/h4-9,18,31H,10-17,19H2,1-3H3,(H,32,36). The van der Waals surface area contributed by atoms with Crippen LogP contribution in [0.2, 0.25) is 0 Å². The second-order valence-electron chi connectivity index (χ2n) is 11.0. The highest BCUT2D eigenvalue weighted by Gasteiger charge is 2.26. The maximum absolute atomic E-state index is 13.2. The molecule has 0 bridgehead atoms. The van der Waals surface area contributed by atoms with Crippen molar-refractivity contribution in [2.75, 3.05) is 62.6 Å². The third-order valence-electron chi connectivity index (χ3n) is 6.78. The number of nitrogens with zero attached hydrogens (tertiary/aromatic N) is 4. The molecule has 2 aromatic rings. The van der Waals surface area contributed by atoms with Crippen molar-refractivity contribution < 1.29 is 14.4 Å². The van der Waals surface area contributed by atoms with Gasteiger partial charge >= 0.3 is 0 Å². The summed E-state index contributed by atoms with van der Waals surface area (Å²) in [5.74, 6) is -0.202. The van der Waals surface area contributed by atoms with Crippen LogP contribution in [0.3, 0.4) is 0 Å². The van der Waals surface area contributed by atoms with Crippen molar-refractivity contribution in [1.82, 2.24) is 15.1 Å². The molecule has 2 aliphatic heterocycles. The van der Waals surface area contributed by atoms with Gasteiger partial charge in [-0.25, -0.2) is 0 Å². The summed E-state index contributed by atoms with van der Waals surface area (Å²) in [7, 11) is 0. The average molecular weight is 517 g/mol. The van der Waals surface area contributed by atoms with E-state index in [4.69, 9.17) is 5.26 Å².